The average Bonchev–Trinajstić information content (AvgIpc) is 2.59. The maximum atomic E-state index is 12.3. The minimum Gasteiger partial charge on any atom is -0.479 e. The van der Waals surface area contributed by atoms with Crippen molar-refractivity contribution in [3.8, 4) is 0 Å². The van der Waals surface area contributed by atoms with Gasteiger partial charge in [-0.3, -0.25) is 9.69 Å². The number of hydrogen-bond acceptors (Lipinski definition) is 6. The van der Waals surface area contributed by atoms with E-state index < -0.39 is 34.6 Å². The Balaban J connectivity index is 2.80. The molecule has 1 aliphatic heterocycles. The molecule has 0 aromatic heterocycles. The van der Waals surface area contributed by atoms with Crippen molar-refractivity contribution in [2.45, 2.75) is 64.1 Å². The number of urea groups is 1. The number of imide groups is 1. The van der Waals surface area contributed by atoms with E-state index in [1.54, 1.807) is 34.6 Å². The van der Waals surface area contributed by atoms with Crippen LogP contribution in [-0.2, 0) is 19.1 Å². The third kappa shape index (κ3) is 4.09. The molecule has 0 saturated carbocycles. The number of nitrogens with two attached hydrogens (primary N) is 1. The monoisotopic (exact) mass is 357 g/mol. The summed E-state index contributed by atoms with van der Waals surface area (Å²) in [4.78, 5) is 50.4. The molecule has 1 rings (SSSR count). The van der Waals surface area contributed by atoms with Crippen LogP contribution in [0.25, 0.3) is 0 Å². The Hall–Kier alpha value is -2.16. The van der Waals surface area contributed by atoms with E-state index in [1.165, 1.54) is 11.9 Å². The molecule has 0 radical (unpaired) electrons. The average molecular weight is 357 g/mol. The van der Waals surface area contributed by atoms with Gasteiger partial charge < -0.3 is 20.5 Å². The van der Waals surface area contributed by atoms with Crippen LogP contribution in [0.3, 0.4) is 0 Å². The topological polar surface area (TPSA) is 130 Å². The summed E-state index contributed by atoms with van der Waals surface area (Å²) >= 11 is 0. The summed E-state index contributed by atoms with van der Waals surface area (Å²) in [5, 5.41) is 9.34. The number of carboxylic acids is 1. The Bertz CT molecular complexity index is 595. The largest absolute Gasteiger partial charge is 0.479 e. The molecule has 1 heterocycles. The molecule has 0 bridgehead atoms. The van der Waals surface area contributed by atoms with E-state index in [0.717, 1.165) is 4.90 Å². The minimum absolute atomic E-state index is 0.0273. The lowest BCUT2D eigenvalue weighted by molar-refractivity contribution is -0.169. The number of nitrogens with zero attached hydrogens (tertiary/aromatic N) is 2. The van der Waals surface area contributed by atoms with Gasteiger partial charge >= 0.3 is 18.0 Å². The normalized spacial score (nSPS) is 19.8. The number of rotatable bonds is 6. The van der Waals surface area contributed by atoms with Gasteiger partial charge in [0.15, 0.2) is 0 Å². The number of hydrogen-bond donors (Lipinski definition) is 2. The van der Waals surface area contributed by atoms with Crippen LogP contribution in [0.15, 0.2) is 0 Å². The molecule has 0 spiro atoms. The second-order valence-electron chi connectivity index (χ2n) is 7.74. The summed E-state index contributed by atoms with van der Waals surface area (Å²) in [6, 6.07) is -0.467. The number of ether oxygens (including phenoxy) is 1. The van der Waals surface area contributed by atoms with Crippen LogP contribution in [0, 0.1) is 0 Å². The number of carboxylic acid groups (broad SMARTS) is 1. The minimum atomic E-state index is -2.24. The van der Waals surface area contributed by atoms with Gasteiger partial charge in [0, 0.05) is 13.6 Å². The SMILES string of the molecule is CN1C(=O)N(CCCC(N)(C(=O)O)C(=O)OC(C)(C)C)C(=O)C1(C)C. The maximum absolute atomic E-state index is 12.3. The van der Waals surface area contributed by atoms with Crippen LogP contribution in [-0.4, -0.2) is 69.1 Å². The number of likely N-dealkylation sites (N-methyl/N-ethyl adjacent to an activating group) is 1. The molecule has 1 aliphatic rings. The number of amides is 3. The van der Waals surface area contributed by atoms with Crippen molar-refractivity contribution in [3.63, 3.8) is 0 Å². The number of aliphatic carboxylic acids is 1. The van der Waals surface area contributed by atoms with Crippen molar-refractivity contribution in [1.82, 2.24) is 9.80 Å². The third-order valence-corrected chi connectivity index (χ3v) is 4.22. The molecule has 0 aromatic rings. The second kappa shape index (κ2) is 6.62. The molecule has 1 fully saturated rings. The first-order chi connectivity index (χ1) is 11.1. The van der Waals surface area contributed by atoms with Gasteiger partial charge in [0.2, 0.25) is 5.54 Å². The molecule has 1 saturated heterocycles. The van der Waals surface area contributed by atoms with Crippen LogP contribution in [0.2, 0.25) is 0 Å². The van der Waals surface area contributed by atoms with Gasteiger partial charge in [-0.05, 0) is 47.5 Å². The van der Waals surface area contributed by atoms with Crippen molar-refractivity contribution in [1.29, 1.82) is 0 Å². The zero-order valence-corrected chi connectivity index (χ0v) is 15.6. The van der Waals surface area contributed by atoms with Crippen LogP contribution < -0.4 is 5.73 Å². The van der Waals surface area contributed by atoms with E-state index in [4.69, 9.17) is 10.5 Å². The summed E-state index contributed by atoms with van der Waals surface area (Å²) in [7, 11) is 1.52. The zero-order valence-electron chi connectivity index (χ0n) is 15.6. The Labute approximate surface area is 147 Å². The van der Waals surface area contributed by atoms with Gasteiger partial charge in [0.25, 0.3) is 5.91 Å². The van der Waals surface area contributed by atoms with E-state index in [2.05, 4.69) is 0 Å². The van der Waals surface area contributed by atoms with Crippen molar-refractivity contribution in [2.75, 3.05) is 13.6 Å². The van der Waals surface area contributed by atoms with Crippen molar-refractivity contribution < 1.29 is 29.0 Å². The lowest BCUT2D eigenvalue weighted by Crippen LogP contribution is -2.57. The summed E-state index contributed by atoms with van der Waals surface area (Å²) in [6.07, 6.45) is -0.206. The van der Waals surface area contributed by atoms with Crippen molar-refractivity contribution in [2.24, 2.45) is 5.73 Å². The number of esters is 1. The molecular weight excluding hydrogens is 330 g/mol. The van der Waals surface area contributed by atoms with Crippen LogP contribution in [0.4, 0.5) is 4.79 Å². The predicted octanol–water partition coefficient (Wildman–Crippen LogP) is 0.563. The van der Waals surface area contributed by atoms with Gasteiger partial charge in [-0.1, -0.05) is 0 Å². The third-order valence-electron chi connectivity index (χ3n) is 4.22. The fraction of sp³-hybridized carbons (Fsp3) is 0.750. The van der Waals surface area contributed by atoms with Gasteiger partial charge in [-0.25, -0.2) is 14.4 Å². The summed E-state index contributed by atoms with van der Waals surface area (Å²) < 4.78 is 5.08. The van der Waals surface area contributed by atoms with Gasteiger partial charge in [-0.15, -0.1) is 0 Å². The first-order valence-electron chi connectivity index (χ1n) is 8.00. The summed E-state index contributed by atoms with van der Waals surface area (Å²) in [5.41, 5.74) is 1.67. The summed E-state index contributed by atoms with van der Waals surface area (Å²) in [5.74, 6) is -2.95. The molecule has 142 valence electrons. The molecule has 1 atom stereocenters. The Morgan fingerprint density at radius 3 is 2.12 bits per heavy atom. The first kappa shape index (κ1) is 20.9. The van der Waals surface area contributed by atoms with Crippen LogP contribution in [0.5, 0.6) is 0 Å². The first-order valence-corrected chi connectivity index (χ1v) is 8.00. The standard InChI is InChI=1S/C16H27N3O6/c1-14(2,3)25-12(23)16(17,11(21)22)8-7-9-19-10(20)15(4,5)18(6)13(19)24/h7-9,17H2,1-6H3,(H,21,22). The van der Waals surface area contributed by atoms with Crippen molar-refractivity contribution in [3.05, 3.63) is 0 Å². The van der Waals surface area contributed by atoms with Gasteiger partial charge in [-0.2, -0.15) is 0 Å². The smallest absolute Gasteiger partial charge is 0.338 e. The molecule has 0 aromatic carbocycles. The molecule has 3 amide bonds. The van der Waals surface area contributed by atoms with E-state index >= 15 is 0 Å². The highest BCUT2D eigenvalue weighted by Gasteiger charge is 2.50. The van der Waals surface area contributed by atoms with E-state index in [9.17, 15) is 24.3 Å². The lowest BCUT2D eigenvalue weighted by atomic mass is 9.94. The number of carbonyl (C=O) groups excluding carboxylic acids is 3. The quantitative estimate of drug-likeness (QED) is 0.403. The van der Waals surface area contributed by atoms with E-state index in [0.29, 0.717) is 0 Å². The van der Waals surface area contributed by atoms with Gasteiger partial charge in [0.1, 0.15) is 11.1 Å². The highest BCUT2D eigenvalue weighted by Crippen LogP contribution is 2.26. The molecule has 25 heavy (non-hydrogen) atoms. The molecule has 9 heteroatoms. The predicted molar refractivity (Wildman–Crippen MR) is 88.6 cm³/mol. The molecule has 0 aliphatic carbocycles. The Morgan fingerprint density at radius 1 is 1.24 bits per heavy atom. The number of carbonyl (C=O) groups is 4. The molecule has 1 unspecified atom stereocenters. The highest BCUT2D eigenvalue weighted by atomic mass is 16.6. The van der Waals surface area contributed by atoms with Crippen LogP contribution >= 0.6 is 0 Å². The van der Waals surface area contributed by atoms with Crippen LogP contribution in [0.1, 0.15) is 47.5 Å². The Kier molecular flexibility index (Phi) is 5.53. The van der Waals surface area contributed by atoms with Gasteiger partial charge in [0.05, 0.1) is 0 Å². The highest BCUT2D eigenvalue weighted by molar-refractivity contribution is 6.06. The fourth-order valence-electron chi connectivity index (χ4n) is 2.36. The summed E-state index contributed by atoms with van der Waals surface area (Å²) in [6.45, 7) is 8.03. The fourth-order valence-corrected chi connectivity index (χ4v) is 2.36. The lowest BCUT2D eigenvalue weighted by Gasteiger charge is -2.28. The van der Waals surface area contributed by atoms with E-state index in [1.807, 2.05) is 0 Å². The molecule has 3 N–H and O–H groups in total. The van der Waals surface area contributed by atoms with Crippen molar-refractivity contribution >= 4 is 23.9 Å². The Morgan fingerprint density at radius 2 is 1.76 bits per heavy atom. The molecule has 9 nitrogen and oxygen atoms in total. The maximum Gasteiger partial charge on any atom is 0.338 e. The molecular formula is C16H27N3O6. The van der Waals surface area contributed by atoms with E-state index in [-0.39, 0.29) is 25.3 Å². The second-order valence-corrected chi connectivity index (χ2v) is 7.74. The zero-order chi connectivity index (χ0) is 19.8.